The Morgan fingerprint density at radius 1 is 1.29 bits per heavy atom. The van der Waals surface area contributed by atoms with Gasteiger partial charge in [-0.2, -0.15) is 0 Å². The summed E-state index contributed by atoms with van der Waals surface area (Å²) in [4.78, 5) is 20.5. The molecule has 3 aromatic heterocycles. The maximum atomic E-state index is 12.0. The largest absolute Gasteiger partial charge is 0.462 e. The number of pyridine rings is 1. The Labute approximate surface area is 125 Å². The molecule has 0 aromatic carbocycles. The summed E-state index contributed by atoms with van der Waals surface area (Å²) in [5.74, 6) is 0.493. The Balaban J connectivity index is 1.56. The second kappa shape index (κ2) is 6.32. The highest BCUT2D eigenvalue weighted by atomic mass is 32.1. The Morgan fingerprint density at radius 2 is 2.24 bits per heavy atom. The zero-order chi connectivity index (χ0) is 14.5. The molecule has 0 aliphatic carbocycles. The fraction of sp³-hybridized carbons (Fsp3) is 0.133. The minimum atomic E-state index is -0.181. The molecule has 0 unspecified atom stereocenters. The third-order valence-corrected chi connectivity index (χ3v) is 3.72. The third kappa shape index (κ3) is 3.35. The summed E-state index contributed by atoms with van der Waals surface area (Å²) in [5.41, 5.74) is 1.36. The lowest BCUT2D eigenvalue weighted by Gasteiger charge is -2.02. The van der Waals surface area contributed by atoms with Crippen molar-refractivity contribution in [3.05, 3.63) is 59.6 Å². The van der Waals surface area contributed by atoms with Gasteiger partial charge in [-0.05, 0) is 24.3 Å². The smallest absolute Gasteiger partial charge is 0.270 e. The highest BCUT2D eigenvalue weighted by Crippen LogP contribution is 2.23. The first kappa shape index (κ1) is 13.5. The van der Waals surface area contributed by atoms with Crippen LogP contribution in [-0.2, 0) is 6.42 Å². The molecule has 0 aliphatic heterocycles. The van der Waals surface area contributed by atoms with E-state index in [9.17, 15) is 4.79 Å². The lowest BCUT2D eigenvalue weighted by molar-refractivity contribution is 0.0950. The number of hydrogen-bond acceptors (Lipinski definition) is 5. The number of furan rings is 1. The monoisotopic (exact) mass is 299 g/mol. The SMILES string of the molecule is O=C(NCCc1ccccn1)c1csc(-c2ccco2)n1. The van der Waals surface area contributed by atoms with Crippen molar-refractivity contribution in [2.75, 3.05) is 6.54 Å². The Hall–Kier alpha value is -2.47. The summed E-state index contributed by atoms with van der Waals surface area (Å²) in [6.07, 6.45) is 4.03. The summed E-state index contributed by atoms with van der Waals surface area (Å²) < 4.78 is 5.26. The summed E-state index contributed by atoms with van der Waals surface area (Å²) in [6, 6.07) is 9.35. The minimum absolute atomic E-state index is 0.181. The van der Waals surface area contributed by atoms with Crippen LogP contribution in [0.2, 0.25) is 0 Å². The molecule has 3 rings (SSSR count). The molecule has 106 valence electrons. The van der Waals surface area contributed by atoms with E-state index in [2.05, 4.69) is 15.3 Å². The van der Waals surface area contributed by atoms with Crippen LogP contribution in [0.25, 0.3) is 10.8 Å². The topological polar surface area (TPSA) is 68.0 Å². The number of hydrogen-bond donors (Lipinski definition) is 1. The molecule has 21 heavy (non-hydrogen) atoms. The van der Waals surface area contributed by atoms with Crippen molar-refractivity contribution in [2.45, 2.75) is 6.42 Å². The fourth-order valence-corrected chi connectivity index (χ4v) is 2.60. The molecule has 0 fully saturated rings. The van der Waals surface area contributed by atoms with Crippen LogP contribution >= 0.6 is 11.3 Å². The first-order valence-electron chi connectivity index (χ1n) is 6.50. The Morgan fingerprint density at radius 3 is 3.00 bits per heavy atom. The van der Waals surface area contributed by atoms with E-state index in [0.29, 0.717) is 29.4 Å². The van der Waals surface area contributed by atoms with Gasteiger partial charge in [-0.1, -0.05) is 6.07 Å². The molecule has 1 amide bonds. The van der Waals surface area contributed by atoms with E-state index in [0.717, 1.165) is 5.69 Å². The van der Waals surface area contributed by atoms with Gasteiger partial charge in [0, 0.05) is 30.2 Å². The second-order valence-electron chi connectivity index (χ2n) is 4.34. The van der Waals surface area contributed by atoms with E-state index in [-0.39, 0.29) is 5.91 Å². The Kier molecular flexibility index (Phi) is 4.07. The number of nitrogens with zero attached hydrogens (tertiary/aromatic N) is 2. The summed E-state index contributed by atoms with van der Waals surface area (Å²) in [5, 5.41) is 5.27. The molecule has 5 nitrogen and oxygen atoms in total. The van der Waals surface area contributed by atoms with Gasteiger partial charge in [-0.15, -0.1) is 11.3 Å². The van der Waals surface area contributed by atoms with Gasteiger partial charge in [0.2, 0.25) is 0 Å². The van der Waals surface area contributed by atoms with Crippen LogP contribution in [0.4, 0.5) is 0 Å². The number of rotatable bonds is 5. The van der Waals surface area contributed by atoms with E-state index in [1.165, 1.54) is 11.3 Å². The van der Waals surface area contributed by atoms with Gasteiger partial charge < -0.3 is 9.73 Å². The molecule has 0 saturated heterocycles. The molecule has 6 heteroatoms. The molecule has 0 radical (unpaired) electrons. The highest BCUT2D eigenvalue weighted by Gasteiger charge is 2.12. The molecule has 0 saturated carbocycles. The molecule has 3 heterocycles. The van der Waals surface area contributed by atoms with Crippen LogP contribution in [0.3, 0.4) is 0 Å². The van der Waals surface area contributed by atoms with Gasteiger partial charge in [0.1, 0.15) is 5.69 Å². The molecule has 0 aliphatic rings. The van der Waals surface area contributed by atoms with Crippen LogP contribution in [0.5, 0.6) is 0 Å². The van der Waals surface area contributed by atoms with Crippen molar-refractivity contribution in [3.63, 3.8) is 0 Å². The van der Waals surface area contributed by atoms with Crippen LogP contribution in [0, 0.1) is 0 Å². The van der Waals surface area contributed by atoms with E-state index >= 15 is 0 Å². The van der Waals surface area contributed by atoms with Gasteiger partial charge in [-0.3, -0.25) is 9.78 Å². The van der Waals surface area contributed by atoms with Gasteiger partial charge in [-0.25, -0.2) is 4.98 Å². The van der Waals surface area contributed by atoms with Crippen molar-refractivity contribution in [1.29, 1.82) is 0 Å². The summed E-state index contributed by atoms with van der Waals surface area (Å²) >= 11 is 1.39. The van der Waals surface area contributed by atoms with Crippen molar-refractivity contribution in [2.24, 2.45) is 0 Å². The van der Waals surface area contributed by atoms with Gasteiger partial charge >= 0.3 is 0 Å². The van der Waals surface area contributed by atoms with Gasteiger partial charge in [0.05, 0.1) is 6.26 Å². The standard InChI is InChI=1S/C15H13N3O2S/c19-14(17-8-6-11-4-1-2-7-16-11)12-10-21-15(18-12)13-5-3-9-20-13/h1-5,7,9-10H,6,8H2,(H,17,19). The first-order valence-corrected chi connectivity index (χ1v) is 7.38. The second-order valence-corrected chi connectivity index (χ2v) is 5.20. The zero-order valence-corrected chi connectivity index (χ0v) is 12.0. The maximum Gasteiger partial charge on any atom is 0.270 e. The van der Waals surface area contributed by atoms with Crippen LogP contribution < -0.4 is 5.32 Å². The average Bonchev–Trinajstić information content (AvgIpc) is 3.19. The molecular formula is C15H13N3O2S. The number of thiazole rings is 1. The molecular weight excluding hydrogens is 286 g/mol. The lowest BCUT2D eigenvalue weighted by atomic mass is 10.2. The fourth-order valence-electron chi connectivity index (χ4n) is 1.83. The van der Waals surface area contributed by atoms with E-state index in [1.54, 1.807) is 23.9 Å². The molecule has 0 spiro atoms. The van der Waals surface area contributed by atoms with E-state index in [1.807, 2.05) is 24.3 Å². The first-order chi connectivity index (χ1) is 10.3. The van der Waals surface area contributed by atoms with E-state index < -0.39 is 0 Å². The molecule has 0 bridgehead atoms. The van der Waals surface area contributed by atoms with Gasteiger partial charge in [0.15, 0.2) is 10.8 Å². The van der Waals surface area contributed by atoms with Crippen LogP contribution in [-0.4, -0.2) is 22.4 Å². The number of aromatic nitrogens is 2. The van der Waals surface area contributed by atoms with Crippen LogP contribution in [0.15, 0.2) is 52.6 Å². The maximum absolute atomic E-state index is 12.0. The summed E-state index contributed by atoms with van der Waals surface area (Å²) in [7, 11) is 0. The predicted molar refractivity (Wildman–Crippen MR) is 80.1 cm³/mol. The molecule has 3 aromatic rings. The number of nitrogens with one attached hydrogen (secondary N) is 1. The normalized spacial score (nSPS) is 10.5. The molecule has 0 atom stereocenters. The lowest BCUT2D eigenvalue weighted by Crippen LogP contribution is -2.26. The number of carbonyl (C=O) groups excluding carboxylic acids is 1. The van der Waals surface area contributed by atoms with Crippen molar-refractivity contribution in [3.8, 4) is 10.8 Å². The quantitative estimate of drug-likeness (QED) is 0.786. The van der Waals surface area contributed by atoms with Crippen molar-refractivity contribution >= 4 is 17.2 Å². The minimum Gasteiger partial charge on any atom is -0.462 e. The van der Waals surface area contributed by atoms with Gasteiger partial charge in [0.25, 0.3) is 5.91 Å². The number of amides is 1. The van der Waals surface area contributed by atoms with E-state index in [4.69, 9.17) is 4.42 Å². The average molecular weight is 299 g/mol. The zero-order valence-electron chi connectivity index (χ0n) is 11.2. The molecule has 1 N–H and O–H groups in total. The Bertz CT molecular complexity index is 708. The summed E-state index contributed by atoms with van der Waals surface area (Å²) in [6.45, 7) is 0.531. The predicted octanol–water partition coefficient (Wildman–Crippen LogP) is 2.77. The van der Waals surface area contributed by atoms with Crippen molar-refractivity contribution < 1.29 is 9.21 Å². The third-order valence-electron chi connectivity index (χ3n) is 2.86. The highest BCUT2D eigenvalue weighted by molar-refractivity contribution is 7.13. The van der Waals surface area contributed by atoms with Crippen molar-refractivity contribution in [1.82, 2.24) is 15.3 Å². The number of carbonyl (C=O) groups is 1. The van der Waals surface area contributed by atoms with Crippen LogP contribution in [0.1, 0.15) is 16.2 Å².